The number of fused-ring (bicyclic) bond motifs is 1. The average Bonchev–Trinajstić information content (AvgIpc) is 2.99. The first-order valence-corrected chi connectivity index (χ1v) is 10.8. The zero-order chi connectivity index (χ0) is 21.3. The molecule has 0 spiro atoms. The van der Waals surface area contributed by atoms with Crippen LogP contribution in [0, 0.1) is 25.2 Å². The van der Waals surface area contributed by atoms with Gasteiger partial charge < -0.3 is 15.8 Å². The first-order chi connectivity index (χ1) is 13.6. The Morgan fingerprint density at radius 2 is 2.00 bits per heavy atom. The molecule has 0 fully saturated rings. The molecule has 1 aromatic heterocycles. The number of nitrogens with two attached hydrogens (primary N) is 1. The van der Waals surface area contributed by atoms with Crippen LogP contribution in [-0.2, 0) is 17.6 Å². The highest BCUT2D eigenvalue weighted by Gasteiger charge is 2.33. The monoisotopic (exact) mass is 414 g/mol. The van der Waals surface area contributed by atoms with Gasteiger partial charge in [-0.2, -0.15) is 0 Å². The van der Waals surface area contributed by atoms with Crippen molar-refractivity contribution in [2.45, 2.75) is 53.9 Å². The second kappa shape index (κ2) is 8.19. The molecule has 0 saturated heterocycles. The van der Waals surface area contributed by atoms with Crippen LogP contribution < -0.4 is 15.8 Å². The maximum Gasteiger partial charge on any atom is 0.262 e. The Balaban J connectivity index is 1.75. The number of amides is 2. The second-order valence-electron chi connectivity index (χ2n) is 8.91. The molecule has 5 nitrogen and oxygen atoms in total. The van der Waals surface area contributed by atoms with E-state index in [1.807, 2.05) is 32.0 Å². The highest BCUT2D eigenvalue weighted by Crippen LogP contribution is 2.44. The highest BCUT2D eigenvalue weighted by molar-refractivity contribution is 7.17. The van der Waals surface area contributed by atoms with Gasteiger partial charge in [-0.3, -0.25) is 9.59 Å². The molecule has 6 heteroatoms. The van der Waals surface area contributed by atoms with E-state index in [2.05, 4.69) is 26.1 Å². The lowest BCUT2D eigenvalue weighted by Gasteiger charge is -2.33. The first kappa shape index (κ1) is 21.4. The Labute approximate surface area is 176 Å². The second-order valence-corrected chi connectivity index (χ2v) is 10.0. The summed E-state index contributed by atoms with van der Waals surface area (Å²) < 4.78 is 5.69. The molecular weight excluding hydrogens is 384 g/mol. The van der Waals surface area contributed by atoms with E-state index in [0.29, 0.717) is 22.2 Å². The molecule has 2 aromatic rings. The average molecular weight is 415 g/mol. The van der Waals surface area contributed by atoms with E-state index < -0.39 is 5.91 Å². The zero-order valence-electron chi connectivity index (χ0n) is 17.8. The smallest absolute Gasteiger partial charge is 0.262 e. The van der Waals surface area contributed by atoms with Gasteiger partial charge in [0.15, 0.2) is 6.61 Å². The molecule has 3 rings (SSSR count). The number of carbonyl (C=O) groups excluding carboxylic acids is 2. The van der Waals surface area contributed by atoms with Crippen molar-refractivity contribution < 1.29 is 14.3 Å². The van der Waals surface area contributed by atoms with Crippen LogP contribution in [0.1, 0.15) is 59.1 Å². The van der Waals surface area contributed by atoms with Crippen molar-refractivity contribution in [3.05, 3.63) is 45.3 Å². The normalized spacial score (nSPS) is 16.2. The molecule has 1 aliphatic carbocycles. The Bertz CT molecular complexity index is 940. The Morgan fingerprint density at radius 3 is 2.66 bits per heavy atom. The van der Waals surface area contributed by atoms with Crippen molar-refractivity contribution in [1.29, 1.82) is 0 Å². The molecule has 156 valence electrons. The summed E-state index contributed by atoms with van der Waals surface area (Å²) in [6, 6.07) is 5.75. The summed E-state index contributed by atoms with van der Waals surface area (Å²) in [6.07, 6.45) is 2.76. The van der Waals surface area contributed by atoms with Crippen LogP contribution in [0.15, 0.2) is 18.2 Å². The van der Waals surface area contributed by atoms with Crippen molar-refractivity contribution in [1.82, 2.24) is 0 Å². The number of thiophene rings is 1. The number of hydrogen-bond donors (Lipinski definition) is 2. The number of nitrogens with one attached hydrogen (secondary N) is 1. The van der Waals surface area contributed by atoms with Crippen LogP contribution in [0.25, 0.3) is 0 Å². The molecule has 0 radical (unpaired) electrons. The third-order valence-corrected chi connectivity index (χ3v) is 7.07. The lowest BCUT2D eigenvalue weighted by atomic mass is 9.72. The van der Waals surface area contributed by atoms with Gasteiger partial charge in [-0.1, -0.05) is 32.9 Å². The Morgan fingerprint density at radius 1 is 1.28 bits per heavy atom. The van der Waals surface area contributed by atoms with Gasteiger partial charge >= 0.3 is 0 Å². The van der Waals surface area contributed by atoms with E-state index in [1.54, 1.807) is 0 Å². The summed E-state index contributed by atoms with van der Waals surface area (Å²) >= 11 is 1.48. The van der Waals surface area contributed by atoms with E-state index in [0.717, 1.165) is 40.8 Å². The minimum Gasteiger partial charge on any atom is -0.483 e. The molecule has 0 bridgehead atoms. The molecule has 3 N–H and O–H groups in total. The zero-order valence-corrected chi connectivity index (χ0v) is 18.7. The van der Waals surface area contributed by atoms with Crippen LogP contribution in [0.3, 0.4) is 0 Å². The molecule has 1 unspecified atom stereocenters. The number of primary amides is 1. The third kappa shape index (κ3) is 4.64. The van der Waals surface area contributed by atoms with Gasteiger partial charge in [0.05, 0.1) is 5.56 Å². The lowest BCUT2D eigenvalue weighted by Crippen LogP contribution is -2.27. The molecule has 1 heterocycles. The fraction of sp³-hybridized carbons (Fsp3) is 0.478. The van der Waals surface area contributed by atoms with Crippen LogP contribution in [0.2, 0.25) is 0 Å². The Kier molecular flexibility index (Phi) is 6.03. The van der Waals surface area contributed by atoms with Gasteiger partial charge in [-0.25, -0.2) is 0 Å². The summed E-state index contributed by atoms with van der Waals surface area (Å²) in [7, 11) is 0. The van der Waals surface area contributed by atoms with Crippen molar-refractivity contribution in [3.63, 3.8) is 0 Å². The number of carbonyl (C=O) groups is 2. The van der Waals surface area contributed by atoms with Gasteiger partial charge in [-0.15, -0.1) is 11.3 Å². The van der Waals surface area contributed by atoms with E-state index >= 15 is 0 Å². The van der Waals surface area contributed by atoms with Crippen molar-refractivity contribution in [2.75, 3.05) is 11.9 Å². The summed E-state index contributed by atoms with van der Waals surface area (Å²) in [6.45, 7) is 10.6. The minimum atomic E-state index is -0.484. The topological polar surface area (TPSA) is 81.4 Å². The summed E-state index contributed by atoms with van der Waals surface area (Å²) in [5.41, 5.74) is 9.47. The van der Waals surface area contributed by atoms with Gasteiger partial charge in [-0.05, 0) is 67.2 Å². The predicted octanol–water partition coefficient (Wildman–Crippen LogP) is 4.63. The first-order valence-electron chi connectivity index (χ1n) is 10.0. The number of benzene rings is 1. The number of rotatable bonds is 5. The van der Waals surface area contributed by atoms with Crippen molar-refractivity contribution in [2.24, 2.45) is 17.1 Å². The highest BCUT2D eigenvalue weighted by atomic mass is 32.1. The van der Waals surface area contributed by atoms with Crippen molar-refractivity contribution >= 4 is 28.2 Å². The number of aryl methyl sites for hydroxylation is 1. The van der Waals surface area contributed by atoms with Crippen LogP contribution in [0.5, 0.6) is 5.75 Å². The van der Waals surface area contributed by atoms with Crippen LogP contribution in [0.4, 0.5) is 5.00 Å². The standard InChI is InChI=1S/C23H30N2O3S/c1-13-7-6-8-17(14(13)2)28-12-19(26)25-22-20(21(24)27)16-10-9-15(23(3,4)5)11-18(16)29-22/h6-8,15H,9-12H2,1-5H3,(H2,24,27)(H,25,26). The molecule has 0 aliphatic heterocycles. The van der Waals surface area contributed by atoms with Gasteiger partial charge in [0.1, 0.15) is 10.8 Å². The summed E-state index contributed by atoms with van der Waals surface area (Å²) in [4.78, 5) is 25.8. The molecule has 0 saturated carbocycles. The molecule has 2 amide bonds. The van der Waals surface area contributed by atoms with Crippen molar-refractivity contribution in [3.8, 4) is 5.75 Å². The minimum absolute atomic E-state index is 0.115. The Hall–Kier alpha value is -2.34. The number of ether oxygens (including phenoxy) is 1. The van der Waals surface area contributed by atoms with Gasteiger partial charge in [0, 0.05) is 4.88 Å². The molecule has 1 aliphatic rings. The van der Waals surface area contributed by atoms with E-state index in [9.17, 15) is 9.59 Å². The fourth-order valence-electron chi connectivity index (χ4n) is 3.86. The largest absolute Gasteiger partial charge is 0.483 e. The molecule has 1 aromatic carbocycles. The lowest BCUT2D eigenvalue weighted by molar-refractivity contribution is -0.118. The SMILES string of the molecule is Cc1cccc(OCC(=O)Nc2sc3c(c2C(N)=O)CCC(C(C)(C)C)C3)c1C. The van der Waals surface area contributed by atoms with Crippen LogP contribution in [-0.4, -0.2) is 18.4 Å². The van der Waals surface area contributed by atoms with E-state index in [4.69, 9.17) is 10.5 Å². The summed E-state index contributed by atoms with van der Waals surface area (Å²) in [5, 5.41) is 3.41. The summed E-state index contributed by atoms with van der Waals surface area (Å²) in [5.74, 6) is 0.459. The quantitative estimate of drug-likeness (QED) is 0.748. The maximum absolute atomic E-state index is 12.5. The molecular formula is C23H30N2O3S. The maximum atomic E-state index is 12.5. The van der Waals surface area contributed by atoms with Crippen LogP contribution >= 0.6 is 11.3 Å². The number of hydrogen-bond acceptors (Lipinski definition) is 4. The molecule has 29 heavy (non-hydrogen) atoms. The molecule has 1 atom stereocenters. The third-order valence-electron chi connectivity index (χ3n) is 5.90. The predicted molar refractivity (Wildman–Crippen MR) is 118 cm³/mol. The van der Waals surface area contributed by atoms with E-state index in [1.165, 1.54) is 11.3 Å². The van der Waals surface area contributed by atoms with Gasteiger partial charge in [0.2, 0.25) is 0 Å². The number of anilines is 1. The van der Waals surface area contributed by atoms with E-state index in [-0.39, 0.29) is 17.9 Å². The van der Waals surface area contributed by atoms with Gasteiger partial charge in [0.25, 0.3) is 11.8 Å². The fourth-order valence-corrected chi connectivity index (χ4v) is 5.21.